The Bertz CT molecular complexity index is 1860. The molecule has 2 aliphatic heterocycles. The zero-order chi connectivity index (χ0) is 34.2. The molecule has 0 saturated carbocycles. The van der Waals surface area contributed by atoms with Crippen molar-refractivity contribution in [2.45, 2.75) is 72.3 Å². The van der Waals surface area contributed by atoms with Crippen LogP contribution in [-0.2, 0) is 18.4 Å². The zero-order valence-corrected chi connectivity index (χ0v) is 29.3. The van der Waals surface area contributed by atoms with Crippen molar-refractivity contribution in [1.29, 1.82) is 0 Å². The predicted octanol–water partition coefficient (Wildman–Crippen LogP) is 7.24. The number of carbonyl (C=O) groups excluding carboxylic acids is 1. The highest BCUT2D eigenvalue weighted by atomic mass is 16.3. The maximum absolute atomic E-state index is 14.0. The molecule has 0 spiro atoms. The lowest BCUT2D eigenvalue weighted by Gasteiger charge is -2.32. The zero-order valence-electron chi connectivity index (χ0n) is 29.3. The first kappa shape index (κ1) is 33.6. The van der Waals surface area contributed by atoms with E-state index in [2.05, 4.69) is 54.3 Å². The van der Waals surface area contributed by atoms with E-state index in [1.807, 2.05) is 50.4 Å². The number of aryl methyl sites for hydroxylation is 1. The van der Waals surface area contributed by atoms with E-state index in [0.29, 0.717) is 35.2 Å². The Labute approximate surface area is 284 Å². The van der Waals surface area contributed by atoms with Gasteiger partial charge in [0.1, 0.15) is 11.5 Å². The average molecular weight is 648 g/mol. The van der Waals surface area contributed by atoms with Gasteiger partial charge in [-0.15, -0.1) is 0 Å². The number of nitrogens with one attached hydrogen (secondary N) is 1. The van der Waals surface area contributed by atoms with Crippen LogP contribution in [0.25, 0.3) is 11.1 Å². The van der Waals surface area contributed by atoms with Crippen molar-refractivity contribution in [3.05, 3.63) is 105 Å². The summed E-state index contributed by atoms with van der Waals surface area (Å²) in [6.45, 7) is 11.0. The van der Waals surface area contributed by atoms with Crippen LogP contribution in [0.5, 0.6) is 0 Å². The van der Waals surface area contributed by atoms with Gasteiger partial charge < -0.3 is 24.8 Å². The molecule has 0 bridgehead atoms. The molecule has 0 atom stereocenters. The minimum atomic E-state index is -0.249. The van der Waals surface area contributed by atoms with Gasteiger partial charge in [0.15, 0.2) is 0 Å². The second-order valence-electron chi connectivity index (χ2n) is 14.5. The molecule has 0 unspecified atom stereocenters. The van der Waals surface area contributed by atoms with Gasteiger partial charge in [0.05, 0.1) is 12.3 Å². The number of hydrogen-bond donors (Lipinski definition) is 2. The molecule has 1 aromatic carbocycles. The van der Waals surface area contributed by atoms with E-state index in [1.54, 1.807) is 22.7 Å². The van der Waals surface area contributed by atoms with E-state index >= 15 is 0 Å². The molecule has 0 radical (unpaired) electrons. The van der Waals surface area contributed by atoms with Crippen molar-refractivity contribution in [3.8, 4) is 11.1 Å². The molecule has 48 heavy (non-hydrogen) atoms. The molecule has 6 rings (SSSR count). The molecule has 3 aliphatic rings. The van der Waals surface area contributed by atoms with Gasteiger partial charge in [0.2, 0.25) is 0 Å². The summed E-state index contributed by atoms with van der Waals surface area (Å²) in [4.78, 5) is 36.1. The van der Waals surface area contributed by atoms with Crippen LogP contribution in [0.3, 0.4) is 0 Å². The molecule has 2 aromatic heterocycles. The number of aromatic nitrogens is 2. The average Bonchev–Trinajstić information content (AvgIpc) is 3.38. The number of benzene rings is 1. The maximum Gasteiger partial charge on any atom is 0.274 e. The first-order valence-electron chi connectivity index (χ1n) is 17.2. The van der Waals surface area contributed by atoms with Crippen LogP contribution in [0, 0.1) is 5.41 Å². The first-order valence-corrected chi connectivity index (χ1v) is 17.2. The highest BCUT2D eigenvalue weighted by Gasteiger charge is 2.35. The van der Waals surface area contributed by atoms with Gasteiger partial charge in [-0.25, -0.2) is 4.98 Å². The number of amides is 1. The lowest BCUT2D eigenvalue weighted by atomic mass is 9.85. The van der Waals surface area contributed by atoms with Crippen LogP contribution in [-0.4, -0.2) is 52.1 Å². The first-order chi connectivity index (χ1) is 23.0. The Morgan fingerprint density at radius 3 is 2.50 bits per heavy atom. The molecule has 252 valence electrons. The van der Waals surface area contributed by atoms with E-state index in [4.69, 9.17) is 0 Å². The Kier molecular flexibility index (Phi) is 9.59. The predicted molar refractivity (Wildman–Crippen MR) is 195 cm³/mol. The molecule has 8 heteroatoms. The van der Waals surface area contributed by atoms with E-state index < -0.39 is 0 Å². The lowest BCUT2D eigenvalue weighted by molar-refractivity contribution is -0.115. The van der Waals surface area contributed by atoms with Crippen molar-refractivity contribution in [2.24, 2.45) is 12.5 Å². The summed E-state index contributed by atoms with van der Waals surface area (Å²) >= 11 is 0. The summed E-state index contributed by atoms with van der Waals surface area (Å²) in [5.41, 5.74) is 9.09. The fraction of sp³-hybridized carbons (Fsp3) is 0.425. The highest BCUT2D eigenvalue weighted by Crippen LogP contribution is 2.47. The third-order valence-corrected chi connectivity index (χ3v) is 10.4. The van der Waals surface area contributed by atoms with Gasteiger partial charge in [-0.1, -0.05) is 44.2 Å². The number of pyridine rings is 2. The number of rotatable bonds is 8. The minimum absolute atomic E-state index is 0.0299. The molecule has 1 amide bonds. The van der Waals surface area contributed by atoms with Crippen molar-refractivity contribution < 1.29 is 9.90 Å². The Balaban J connectivity index is 1.29. The van der Waals surface area contributed by atoms with E-state index in [1.165, 1.54) is 22.3 Å². The van der Waals surface area contributed by atoms with Crippen molar-refractivity contribution in [2.75, 3.05) is 36.9 Å². The molecule has 1 fully saturated rings. The van der Waals surface area contributed by atoms with Gasteiger partial charge in [-0.2, -0.15) is 0 Å². The van der Waals surface area contributed by atoms with Crippen LogP contribution in [0.2, 0.25) is 0 Å². The lowest BCUT2D eigenvalue weighted by Crippen LogP contribution is -2.37. The van der Waals surface area contributed by atoms with Crippen LogP contribution < -0.4 is 15.8 Å². The molecule has 8 nitrogen and oxygen atoms in total. The number of likely N-dealkylation sites (tertiary alicyclic amines) is 1. The summed E-state index contributed by atoms with van der Waals surface area (Å²) in [6.07, 6.45) is 13.0. The van der Waals surface area contributed by atoms with Gasteiger partial charge in [-0.3, -0.25) is 9.59 Å². The number of hydrogen-bond acceptors (Lipinski definition) is 6. The van der Waals surface area contributed by atoms with Crippen LogP contribution in [0.15, 0.2) is 88.0 Å². The van der Waals surface area contributed by atoms with Gasteiger partial charge >= 0.3 is 0 Å². The van der Waals surface area contributed by atoms with Crippen molar-refractivity contribution >= 4 is 23.1 Å². The largest absolute Gasteiger partial charge is 0.392 e. The molecular weight excluding hydrogens is 598 g/mol. The number of anilines is 3. The fourth-order valence-electron chi connectivity index (χ4n) is 7.80. The Morgan fingerprint density at radius 2 is 1.81 bits per heavy atom. The molecule has 2 N–H and O–H groups in total. The number of nitrogens with zero attached hydrogens (tertiary/aromatic N) is 4. The second kappa shape index (κ2) is 13.7. The standard InChI is InChI=1S/C40H49N5O3/c1-7-9-28-21-40(3,4)22-33(28)31-16-19-45(38(47)26(31)2)36-11-8-10-32(34(36)25-46)30-20-35(39(48)44(6)24-30)42-37-13-12-29(23-41-37)27-14-17-43(5)18-15-27/h7-13,20,23-24,27,46H,14-19,21-22,25H2,1-6H3,(H,41,42)/b9-7+. The number of aliphatic hydroxyl groups is 1. The molecule has 3 aromatic rings. The maximum atomic E-state index is 14.0. The topological polar surface area (TPSA) is 90.7 Å². The Morgan fingerprint density at radius 1 is 1.04 bits per heavy atom. The number of allylic oxidation sites excluding steroid dienone is 4. The van der Waals surface area contributed by atoms with Gasteiger partial charge in [0.25, 0.3) is 11.5 Å². The summed E-state index contributed by atoms with van der Waals surface area (Å²) in [5.74, 6) is 1.08. The number of piperidine rings is 1. The van der Waals surface area contributed by atoms with E-state index in [9.17, 15) is 14.7 Å². The Hall–Kier alpha value is -4.27. The minimum Gasteiger partial charge on any atom is -0.392 e. The normalized spacial score (nSPS) is 19.2. The molecule has 1 aliphatic carbocycles. The highest BCUT2D eigenvalue weighted by molar-refractivity contribution is 6.08. The van der Waals surface area contributed by atoms with E-state index in [-0.39, 0.29) is 23.5 Å². The molecular formula is C40H49N5O3. The number of carbonyl (C=O) groups is 1. The fourth-order valence-corrected chi connectivity index (χ4v) is 7.80. The SMILES string of the molecule is C/C=C/C1=C(C2=C(C)C(=O)N(c3cccc(-c4cc(Nc5ccc(C6CCN(C)CC6)cn5)c(=O)n(C)c4)c3CO)CC2)CC(C)(C)C1. The third kappa shape index (κ3) is 6.69. The smallest absolute Gasteiger partial charge is 0.274 e. The summed E-state index contributed by atoms with van der Waals surface area (Å²) in [6, 6.07) is 11.6. The summed E-state index contributed by atoms with van der Waals surface area (Å²) in [5, 5.41) is 14.0. The second-order valence-corrected chi connectivity index (χ2v) is 14.5. The van der Waals surface area contributed by atoms with Crippen molar-refractivity contribution in [1.82, 2.24) is 14.5 Å². The van der Waals surface area contributed by atoms with Gasteiger partial charge in [-0.05, 0) is 123 Å². The summed E-state index contributed by atoms with van der Waals surface area (Å²) < 4.78 is 1.54. The van der Waals surface area contributed by atoms with E-state index in [0.717, 1.165) is 61.9 Å². The third-order valence-electron chi connectivity index (χ3n) is 10.4. The van der Waals surface area contributed by atoms with Crippen LogP contribution in [0.1, 0.15) is 76.8 Å². The van der Waals surface area contributed by atoms with Crippen LogP contribution >= 0.6 is 0 Å². The van der Waals surface area contributed by atoms with Gasteiger partial charge in [0, 0.05) is 42.7 Å². The molecule has 1 saturated heterocycles. The quantitative estimate of drug-likeness (QED) is 0.268. The molecule has 4 heterocycles. The summed E-state index contributed by atoms with van der Waals surface area (Å²) in [7, 11) is 3.88. The van der Waals surface area contributed by atoms with Crippen LogP contribution in [0.4, 0.5) is 17.2 Å². The van der Waals surface area contributed by atoms with Crippen molar-refractivity contribution in [3.63, 3.8) is 0 Å². The number of aliphatic hydroxyl groups excluding tert-OH is 1. The monoisotopic (exact) mass is 647 g/mol.